The topological polar surface area (TPSA) is 50.9 Å². The summed E-state index contributed by atoms with van der Waals surface area (Å²) in [6.45, 7) is 3.97. The lowest BCUT2D eigenvalue weighted by molar-refractivity contribution is 0.473. The molecule has 7 rings (SSSR count). The second kappa shape index (κ2) is 9.51. The standard InChI is InChI=1S/C36H27N3O/c1-23-19-24(2)35(40)31(20-23)33-16-15-29-30-22-26(25-9-4-3-5-10-25)14-17-34(30)39(36(29)38-33)28-12-8-11-27(21-28)32-13-6-7-18-37-32/h3-22,40H,1-2H3. The number of hydrogen-bond acceptors (Lipinski definition) is 3. The van der Waals surface area contributed by atoms with Crippen molar-refractivity contribution in [1.29, 1.82) is 0 Å². The van der Waals surface area contributed by atoms with Gasteiger partial charge in [-0.15, -0.1) is 0 Å². The van der Waals surface area contributed by atoms with Crippen LogP contribution in [0.5, 0.6) is 5.75 Å². The normalized spacial score (nSPS) is 11.3. The van der Waals surface area contributed by atoms with Crippen LogP contribution in [0.2, 0.25) is 0 Å². The number of aromatic hydroxyl groups is 1. The molecule has 4 nitrogen and oxygen atoms in total. The Kier molecular flexibility index (Phi) is 5.67. The van der Waals surface area contributed by atoms with Crippen LogP contribution in [0.1, 0.15) is 11.1 Å². The molecule has 0 bridgehead atoms. The molecule has 0 saturated carbocycles. The van der Waals surface area contributed by atoms with Crippen LogP contribution < -0.4 is 0 Å². The molecule has 1 N–H and O–H groups in total. The van der Waals surface area contributed by atoms with E-state index in [0.717, 1.165) is 66.8 Å². The maximum Gasteiger partial charge on any atom is 0.146 e. The molecule has 3 aromatic heterocycles. The third-order valence-electron chi connectivity index (χ3n) is 7.51. The van der Waals surface area contributed by atoms with Gasteiger partial charge in [0.25, 0.3) is 0 Å². The van der Waals surface area contributed by atoms with E-state index in [0.29, 0.717) is 0 Å². The average Bonchev–Trinajstić information content (AvgIpc) is 3.33. The molecule has 4 heteroatoms. The van der Waals surface area contributed by atoms with Gasteiger partial charge in [0.2, 0.25) is 0 Å². The second-order valence-electron chi connectivity index (χ2n) is 10.2. The summed E-state index contributed by atoms with van der Waals surface area (Å²) in [7, 11) is 0. The zero-order valence-electron chi connectivity index (χ0n) is 22.3. The van der Waals surface area contributed by atoms with Gasteiger partial charge < -0.3 is 5.11 Å². The van der Waals surface area contributed by atoms with Crippen LogP contribution in [0.4, 0.5) is 0 Å². The molecular weight excluding hydrogens is 490 g/mol. The maximum atomic E-state index is 10.9. The molecule has 4 aromatic carbocycles. The van der Waals surface area contributed by atoms with E-state index in [9.17, 15) is 5.11 Å². The van der Waals surface area contributed by atoms with Gasteiger partial charge in [-0.25, -0.2) is 4.98 Å². The van der Waals surface area contributed by atoms with Crippen LogP contribution in [0, 0.1) is 13.8 Å². The van der Waals surface area contributed by atoms with Crippen molar-refractivity contribution in [3.8, 4) is 45.1 Å². The van der Waals surface area contributed by atoms with Crippen LogP contribution in [0.3, 0.4) is 0 Å². The quantitative estimate of drug-likeness (QED) is 0.254. The number of benzene rings is 4. The number of fused-ring (bicyclic) bond motifs is 3. The van der Waals surface area contributed by atoms with Gasteiger partial charge in [-0.3, -0.25) is 9.55 Å². The summed E-state index contributed by atoms with van der Waals surface area (Å²) in [6.07, 6.45) is 1.82. The van der Waals surface area contributed by atoms with Crippen molar-refractivity contribution in [3.05, 3.63) is 133 Å². The van der Waals surface area contributed by atoms with Crippen molar-refractivity contribution in [2.75, 3.05) is 0 Å². The molecule has 192 valence electrons. The summed E-state index contributed by atoms with van der Waals surface area (Å²) >= 11 is 0. The van der Waals surface area contributed by atoms with Crippen LogP contribution in [-0.4, -0.2) is 19.6 Å². The molecular formula is C36H27N3O. The molecule has 40 heavy (non-hydrogen) atoms. The first kappa shape index (κ1) is 23.9. The zero-order chi connectivity index (χ0) is 27.2. The van der Waals surface area contributed by atoms with Gasteiger partial charge in [0.1, 0.15) is 11.4 Å². The van der Waals surface area contributed by atoms with Crippen LogP contribution in [-0.2, 0) is 0 Å². The maximum absolute atomic E-state index is 10.9. The molecule has 0 fully saturated rings. The number of hydrogen-bond donors (Lipinski definition) is 1. The fourth-order valence-electron chi connectivity index (χ4n) is 5.60. The minimum absolute atomic E-state index is 0.267. The Morgan fingerprint density at radius 1 is 0.625 bits per heavy atom. The number of phenolic OH excluding ortho intramolecular Hbond substituents is 1. The summed E-state index contributed by atoms with van der Waals surface area (Å²) < 4.78 is 2.22. The van der Waals surface area contributed by atoms with Gasteiger partial charge in [-0.2, -0.15) is 0 Å². The van der Waals surface area contributed by atoms with Crippen LogP contribution >= 0.6 is 0 Å². The van der Waals surface area contributed by atoms with E-state index >= 15 is 0 Å². The van der Waals surface area contributed by atoms with Gasteiger partial charge in [0.15, 0.2) is 0 Å². The molecule has 3 heterocycles. The predicted molar refractivity (Wildman–Crippen MR) is 164 cm³/mol. The number of rotatable bonds is 4. The number of aromatic nitrogens is 3. The number of aryl methyl sites for hydroxylation is 2. The second-order valence-corrected chi connectivity index (χ2v) is 10.2. The van der Waals surface area contributed by atoms with Gasteiger partial charge >= 0.3 is 0 Å². The number of nitrogens with zero attached hydrogens (tertiary/aromatic N) is 3. The van der Waals surface area contributed by atoms with E-state index in [1.165, 1.54) is 5.56 Å². The number of pyridine rings is 2. The summed E-state index contributed by atoms with van der Waals surface area (Å²) in [6, 6.07) is 39.6. The molecule has 0 saturated heterocycles. The monoisotopic (exact) mass is 517 g/mol. The van der Waals surface area contributed by atoms with E-state index in [4.69, 9.17) is 4.98 Å². The first-order chi connectivity index (χ1) is 19.6. The van der Waals surface area contributed by atoms with Crippen molar-refractivity contribution < 1.29 is 5.11 Å². The molecule has 0 amide bonds. The molecule has 0 atom stereocenters. The van der Waals surface area contributed by atoms with E-state index < -0.39 is 0 Å². The lowest BCUT2D eigenvalue weighted by Gasteiger charge is -2.12. The van der Waals surface area contributed by atoms with E-state index in [2.05, 4.69) is 82.3 Å². The lowest BCUT2D eigenvalue weighted by atomic mass is 10.0. The first-order valence-electron chi connectivity index (χ1n) is 13.4. The van der Waals surface area contributed by atoms with E-state index in [1.54, 1.807) is 0 Å². The molecule has 7 aromatic rings. The molecule has 0 aliphatic rings. The Morgan fingerprint density at radius 3 is 2.27 bits per heavy atom. The van der Waals surface area contributed by atoms with Gasteiger partial charge in [0.05, 0.1) is 16.9 Å². The highest BCUT2D eigenvalue weighted by molar-refractivity contribution is 6.09. The van der Waals surface area contributed by atoms with Crippen molar-refractivity contribution in [1.82, 2.24) is 14.5 Å². The summed E-state index contributed by atoms with van der Waals surface area (Å²) in [5.41, 5.74) is 10.6. The van der Waals surface area contributed by atoms with Crippen LogP contribution in [0.15, 0.2) is 121 Å². The van der Waals surface area contributed by atoms with E-state index in [1.807, 2.05) is 62.5 Å². The van der Waals surface area contributed by atoms with Crippen molar-refractivity contribution in [3.63, 3.8) is 0 Å². The fourth-order valence-corrected chi connectivity index (χ4v) is 5.60. The Bertz CT molecular complexity index is 2030. The minimum Gasteiger partial charge on any atom is -0.507 e. The molecule has 0 spiro atoms. The van der Waals surface area contributed by atoms with Crippen LogP contribution in [0.25, 0.3) is 61.3 Å². The highest BCUT2D eigenvalue weighted by atomic mass is 16.3. The zero-order valence-corrected chi connectivity index (χ0v) is 22.3. The number of phenols is 1. The average molecular weight is 518 g/mol. The van der Waals surface area contributed by atoms with Crippen molar-refractivity contribution in [2.45, 2.75) is 13.8 Å². The highest BCUT2D eigenvalue weighted by Crippen LogP contribution is 2.38. The Labute approximate surface area is 232 Å². The smallest absolute Gasteiger partial charge is 0.146 e. The third-order valence-corrected chi connectivity index (χ3v) is 7.51. The third kappa shape index (κ3) is 4.02. The van der Waals surface area contributed by atoms with Gasteiger partial charge in [0, 0.05) is 33.8 Å². The fraction of sp³-hybridized carbons (Fsp3) is 0.0556. The van der Waals surface area contributed by atoms with E-state index in [-0.39, 0.29) is 5.75 Å². The summed E-state index contributed by atoms with van der Waals surface area (Å²) in [5.74, 6) is 0.267. The Balaban J connectivity index is 1.51. The summed E-state index contributed by atoms with van der Waals surface area (Å²) in [5, 5.41) is 13.1. The Hall–Kier alpha value is -5.22. The summed E-state index contributed by atoms with van der Waals surface area (Å²) in [4.78, 5) is 9.76. The molecule has 0 radical (unpaired) electrons. The molecule has 0 aliphatic heterocycles. The van der Waals surface area contributed by atoms with Gasteiger partial charge in [-0.1, -0.05) is 60.7 Å². The highest BCUT2D eigenvalue weighted by Gasteiger charge is 2.18. The lowest BCUT2D eigenvalue weighted by Crippen LogP contribution is -1.97. The SMILES string of the molecule is Cc1cc(C)c(O)c(-c2ccc3c4cc(-c5ccccc5)ccc4n(-c4cccc(-c5ccccn5)c4)c3n2)c1. The predicted octanol–water partition coefficient (Wildman–Crippen LogP) is 8.90. The first-order valence-corrected chi connectivity index (χ1v) is 13.4. The van der Waals surface area contributed by atoms with Gasteiger partial charge in [-0.05, 0) is 90.7 Å². The minimum atomic E-state index is 0.267. The Morgan fingerprint density at radius 2 is 1.45 bits per heavy atom. The van der Waals surface area contributed by atoms with Crippen molar-refractivity contribution >= 4 is 21.9 Å². The van der Waals surface area contributed by atoms with Crippen molar-refractivity contribution in [2.24, 2.45) is 0 Å². The molecule has 0 aliphatic carbocycles. The molecule has 0 unspecified atom stereocenters. The largest absolute Gasteiger partial charge is 0.507 e.